The number of rotatable bonds is 1. The summed E-state index contributed by atoms with van der Waals surface area (Å²) in [6.07, 6.45) is -0.885. The maximum absolute atomic E-state index is 11.8. The molecule has 0 saturated heterocycles. The molecule has 1 atom stereocenters. The minimum Gasteiger partial charge on any atom is -0.447 e. The fourth-order valence-corrected chi connectivity index (χ4v) is 1.78. The number of esters is 1. The van der Waals surface area contributed by atoms with Gasteiger partial charge in [-0.15, -0.1) is 0 Å². The average molecular weight is 268 g/mol. The van der Waals surface area contributed by atoms with Crippen molar-refractivity contribution >= 4 is 29.2 Å². The first kappa shape index (κ1) is 12.9. The number of carbonyl (C=O) groups excluding carboxylic acids is 2. The number of amides is 1. The fraction of sp³-hybridized carbons (Fsp3) is 0.385. The number of hydrogen-bond acceptors (Lipinski definition) is 3. The molecule has 1 N–H and O–H groups in total. The number of halogens is 1. The molecule has 1 aromatic carbocycles. The first-order chi connectivity index (χ1) is 8.29. The monoisotopic (exact) mass is 267 g/mol. The van der Waals surface area contributed by atoms with Crippen LogP contribution in [0.25, 0.3) is 0 Å². The van der Waals surface area contributed by atoms with E-state index < -0.39 is 17.5 Å². The first-order valence-electron chi connectivity index (χ1n) is 5.60. The van der Waals surface area contributed by atoms with Gasteiger partial charge in [0.05, 0.1) is 5.41 Å². The quantitative estimate of drug-likeness (QED) is 0.796. The highest BCUT2D eigenvalue weighted by Crippen LogP contribution is 2.36. The summed E-state index contributed by atoms with van der Waals surface area (Å²) in [5.41, 5.74) is 0.594. The lowest BCUT2D eigenvalue weighted by molar-refractivity contribution is -0.162. The molecule has 1 aromatic rings. The lowest BCUT2D eigenvalue weighted by atomic mass is 9.97. The van der Waals surface area contributed by atoms with Gasteiger partial charge in [-0.05, 0) is 32.9 Å². The van der Waals surface area contributed by atoms with E-state index in [4.69, 9.17) is 16.3 Å². The largest absolute Gasteiger partial charge is 0.447 e. The van der Waals surface area contributed by atoms with Gasteiger partial charge in [0.1, 0.15) is 0 Å². The summed E-state index contributed by atoms with van der Waals surface area (Å²) in [4.78, 5) is 23.6. The Hall–Kier alpha value is -1.55. The zero-order chi connectivity index (χ0) is 13.5. The Labute approximate surface area is 110 Å². The molecule has 0 aliphatic carbocycles. The summed E-state index contributed by atoms with van der Waals surface area (Å²) >= 11 is 5.84. The predicted molar refractivity (Wildman–Crippen MR) is 68.4 cm³/mol. The van der Waals surface area contributed by atoms with Gasteiger partial charge in [0.15, 0.2) is 0 Å². The Bertz CT molecular complexity index is 519. The van der Waals surface area contributed by atoms with E-state index in [0.717, 1.165) is 0 Å². The Kier molecular flexibility index (Phi) is 3.07. The number of ether oxygens (including phenoxy) is 1. The highest BCUT2D eigenvalue weighted by molar-refractivity contribution is 6.31. The van der Waals surface area contributed by atoms with Gasteiger partial charge < -0.3 is 10.1 Å². The third kappa shape index (κ3) is 2.34. The van der Waals surface area contributed by atoms with Crippen LogP contribution in [0.1, 0.15) is 32.4 Å². The lowest BCUT2D eigenvalue weighted by Gasteiger charge is -2.19. The van der Waals surface area contributed by atoms with Crippen molar-refractivity contribution in [1.82, 2.24) is 0 Å². The van der Waals surface area contributed by atoms with E-state index in [0.29, 0.717) is 16.3 Å². The van der Waals surface area contributed by atoms with Crippen molar-refractivity contribution in [3.8, 4) is 0 Å². The normalized spacial score (nSPS) is 18.2. The zero-order valence-electron chi connectivity index (χ0n) is 10.4. The third-order valence-electron chi connectivity index (χ3n) is 2.63. The zero-order valence-corrected chi connectivity index (χ0v) is 11.2. The van der Waals surface area contributed by atoms with Crippen LogP contribution in [0.4, 0.5) is 5.69 Å². The van der Waals surface area contributed by atoms with Crippen molar-refractivity contribution < 1.29 is 14.3 Å². The molecule has 0 aromatic heterocycles. The highest BCUT2D eigenvalue weighted by atomic mass is 35.5. The molecule has 0 bridgehead atoms. The second-order valence-corrected chi connectivity index (χ2v) is 5.69. The molecule has 1 aliphatic rings. The van der Waals surface area contributed by atoms with E-state index in [2.05, 4.69) is 5.32 Å². The molecule has 5 heteroatoms. The number of hydrogen-bond donors (Lipinski definition) is 1. The molecule has 2 rings (SSSR count). The summed E-state index contributed by atoms with van der Waals surface area (Å²) in [7, 11) is 0. The van der Waals surface area contributed by atoms with Crippen LogP contribution in [0, 0.1) is 5.41 Å². The Morgan fingerprint density at radius 2 is 2.06 bits per heavy atom. The number of anilines is 1. The van der Waals surface area contributed by atoms with E-state index >= 15 is 0 Å². The van der Waals surface area contributed by atoms with Crippen molar-refractivity contribution in [2.75, 3.05) is 5.32 Å². The third-order valence-corrected chi connectivity index (χ3v) is 2.87. The van der Waals surface area contributed by atoms with Crippen molar-refractivity contribution in [2.45, 2.75) is 26.9 Å². The molecule has 0 radical (unpaired) electrons. The molecular weight excluding hydrogens is 254 g/mol. The van der Waals surface area contributed by atoms with Crippen LogP contribution >= 0.6 is 11.6 Å². The molecule has 0 fully saturated rings. The van der Waals surface area contributed by atoms with E-state index in [1.807, 2.05) is 0 Å². The second kappa shape index (κ2) is 4.28. The van der Waals surface area contributed by atoms with Crippen LogP contribution in [-0.4, -0.2) is 11.9 Å². The van der Waals surface area contributed by atoms with Crippen molar-refractivity contribution in [3.63, 3.8) is 0 Å². The Balaban J connectivity index is 2.26. The average Bonchev–Trinajstić information content (AvgIpc) is 2.53. The number of nitrogens with one attached hydrogen (secondary N) is 1. The highest BCUT2D eigenvalue weighted by Gasteiger charge is 2.36. The summed E-state index contributed by atoms with van der Waals surface area (Å²) in [5.74, 6) is -0.754. The molecule has 1 aliphatic heterocycles. The van der Waals surface area contributed by atoms with Crippen LogP contribution in [0.3, 0.4) is 0 Å². The van der Waals surface area contributed by atoms with Gasteiger partial charge in [0, 0.05) is 16.3 Å². The minimum absolute atomic E-state index is 0.343. The molecule has 0 spiro atoms. The predicted octanol–water partition coefficient (Wildman–Crippen LogP) is 2.92. The SMILES string of the molecule is CC(C)(C)C(=O)OC1C(=O)Nc2cc(Cl)ccc21. The van der Waals surface area contributed by atoms with E-state index in [1.54, 1.807) is 39.0 Å². The molecule has 4 nitrogen and oxygen atoms in total. The van der Waals surface area contributed by atoms with Gasteiger partial charge in [-0.3, -0.25) is 9.59 Å². The number of carbonyl (C=O) groups is 2. The fourth-order valence-electron chi connectivity index (χ4n) is 1.61. The van der Waals surface area contributed by atoms with Crippen LogP contribution in [-0.2, 0) is 14.3 Å². The summed E-state index contributed by atoms with van der Waals surface area (Å²) in [6, 6.07) is 4.99. The maximum Gasteiger partial charge on any atom is 0.312 e. The minimum atomic E-state index is -0.885. The first-order valence-corrected chi connectivity index (χ1v) is 5.98. The van der Waals surface area contributed by atoms with Crippen LogP contribution in [0.2, 0.25) is 5.02 Å². The molecule has 0 saturated carbocycles. The Morgan fingerprint density at radius 3 is 2.67 bits per heavy atom. The van der Waals surface area contributed by atoms with Gasteiger partial charge in [-0.2, -0.15) is 0 Å². The van der Waals surface area contributed by atoms with Crippen molar-refractivity contribution in [1.29, 1.82) is 0 Å². The molecule has 96 valence electrons. The maximum atomic E-state index is 11.8. The van der Waals surface area contributed by atoms with Gasteiger partial charge in [-0.25, -0.2) is 0 Å². The van der Waals surface area contributed by atoms with Gasteiger partial charge in [0.2, 0.25) is 6.10 Å². The summed E-state index contributed by atoms with van der Waals surface area (Å²) in [6.45, 7) is 5.22. The summed E-state index contributed by atoms with van der Waals surface area (Å²) < 4.78 is 5.26. The Morgan fingerprint density at radius 1 is 1.39 bits per heavy atom. The topological polar surface area (TPSA) is 55.4 Å². The number of benzene rings is 1. The number of fused-ring (bicyclic) bond motifs is 1. The standard InChI is InChI=1S/C13H14ClNO3/c1-13(2,3)12(17)18-10-8-5-4-7(14)6-9(8)15-11(10)16/h4-6,10H,1-3H3,(H,15,16). The van der Waals surface area contributed by atoms with Crippen LogP contribution < -0.4 is 5.32 Å². The van der Waals surface area contributed by atoms with Crippen LogP contribution in [0.5, 0.6) is 0 Å². The van der Waals surface area contributed by atoms with Crippen LogP contribution in [0.15, 0.2) is 18.2 Å². The van der Waals surface area contributed by atoms with E-state index in [-0.39, 0.29) is 5.91 Å². The van der Waals surface area contributed by atoms with Gasteiger partial charge in [-0.1, -0.05) is 17.7 Å². The molecule has 18 heavy (non-hydrogen) atoms. The smallest absolute Gasteiger partial charge is 0.312 e. The van der Waals surface area contributed by atoms with Crippen molar-refractivity contribution in [3.05, 3.63) is 28.8 Å². The van der Waals surface area contributed by atoms with E-state index in [9.17, 15) is 9.59 Å². The van der Waals surface area contributed by atoms with Gasteiger partial charge >= 0.3 is 5.97 Å². The molecule has 1 amide bonds. The molecule has 1 heterocycles. The lowest BCUT2D eigenvalue weighted by Crippen LogP contribution is -2.27. The molecular formula is C13H14ClNO3. The van der Waals surface area contributed by atoms with E-state index in [1.165, 1.54) is 0 Å². The van der Waals surface area contributed by atoms with Crippen molar-refractivity contribution in [2.24, 2.45) is 5.41 Å². The second-order valence-electron chi connectivity index (χ2n) is 5.26. The molecule has 1 unspecified atom stereocenters. The van der Waals surface area contributed by atoms with Gasteiger partial charge in [0.25, 0.3) is 5.91 Å². The summed E-state index contributed by atoms with van der Waals surface area (Å²) in [5, 5.41) is 3.17.